The molecule has 17 heavy (non-hydrogen) atoms. The zero-order valence-corrected chi connectivity index (χ0v) is 12.1. The molecule has 92 valence electrons. The highest BCUT2D eigenvalue weighted by Gasteiger charge is 2.18. The second-order valence-corrected chi connectivity index (χ2v) is 6.23. The number of aryl methyl sites for hydroxylation is 1. The van der Waals surface area contributed by atoms with E-state index in [-0.39, 0.29) is 4.90 Å². The van der Waals surface area contributed by atoms with Gasteiger partial charge in [-0.1, -0.05) is 28.8 Å². The molecule has 3 nitrogen and oxygen atoms in total. The zero-order chi connectivity index (χ0) is 13.1. The van der Waals surface area contributed by atoms with Gasteiger partial charge in [0.15, 0.2) is 0 Å². The maximum atomic E-state index is 12.0. The highest BCUT2D eigenvalue weighted by Crippen LogP contribution is 2.20. The lowest BCUT2D eigenvalue weighted by molar-refractivity contribution is 0.570. The molecule has 0 spiro atoms. The molecule has 1 N–H and O–H groups in total. The topological polar surface area (TPSA) is 46.2 Å². The lowest BCUT2D eigenvalue weighted by Crippen LogP contribution is -2.33. The van der Waals surface area contributed by atoms with E-state index in [1.807, 2.05) is 13.8 Å². The van der Waals surface area contributed by atoms with Crippen molar-refractivity contribution in [2.75, 3.05) is 0 Å². The molecular weight excluding hydrogens is 302 g/mol. The van der Waals surface area contributed by atoms with Gasteiger partial charge < -0.3 is 0 Å². The van der Waals surface area contributed by atoms with E-state index in [1.165, 1.54) is 0 Å². The Labute approximate surface area is 111 Å². The van der Waals surface area contributed by atoms with Crippen molar-refractivity contribution in [3.63, 3.8) is 0 Å². The van der Waals surface area contributed by atoms with E-state index in [2.05, 4.69) is 26.6 Å². The highest BCUT2D eigenvalue weighted by molar-refractivity contribution is 9.10. The third kappa shape index (κ3) is 3.56. The number of hydrogen-bond donors (Lipinski definition) is 1. The van der Waals surface area contributed by atoms with E-state index >= 15 is 0 Å². The van der Waals surface area contributed by atoms with E-state index in [0.29, 0.717) is 6.42 Å². The second-order valence-electron chi connectivity index (χ2n) is 3.66. The average Bonchev–Trinajstić information content (AvgIpc) is 2.29. The molecule has 1 unspecified atom stereocenters. The fraction of sp³-hybridized carbons (Fsp3) is 0.333. The van der Waals surface area contributed by atoms with Gasteiger partial charge in [-0.15, -0.1) is 6.42 Å². The Bertz CT molecular complexity index is 546. The van der Waals surface area contributed by atoms with Crippen LogP contribution >= 0.6 is 15.9 Å². The zero-order valence-electron chi connectivity index (χ0n) is 9.70. The normalized spacial score (nSPS) is 13.1. The summed E-state index contributed by atoms with van der Waals surface area (Å²) in [6, 6.07) is 4.39. The Morgan fingerprint density at radius 1 is 1.53 bits per heavy atom. The minimum absolute atomic E-state index is 0.229. The molecule has 0 aliphatic carbocycles. The molecule has 0 bridgehead atoms. The SMILES string of the molecule is C#CC(CC)NS(=O)(=O)c1ccc(Br)c(C)c1. The molecule has 1 aromatic rings. The molecule has 0 radical (unpaired) electrons. The summed E-state index contributed by atoms with van der Waals surface area (Å²) in [5.74, 6) is 2.40. The molecule has 0 aliphatic heterocycles. The van der Waals surface area contributed by atoms with Gasteiger partial charge >= 0.3 is 0 Å². The van der Waals surface area contributed by atoms with Crippen LogP contribution < -0.4 is 4.72 Å². The van der Waals surface area contributed by atoms with Gasteiger partial charge in [0.05, 0.1) is 10.9 Å². The molecule has 0 saturated heterocycles. The number of nitrogens with one attached hydrogen (secondary N) is 1. The maximum absolute atomic E-state index is 12.0. The van der Waals surface area contributed by atoms with Crippen LogP contribution in [0.5, 0.6) is 0 Å². The standard InChI is InChI=1S/C12H14BrNO2S/c1-4-10(5-2)14-17(15,16)11-6-7-12(13)9(3)8-11/h1,6-8,10,14H,5H2,2-3H3. The van der Waals surface area contributed by atoms with Crippen LogP contribution in [-0.2, 0) is 10.0 Å². The molecule has 0 aliphatic rings. The van der Waals surface area contributed by atoms with Crippen LogP contribution in [0.1, 0.15) is 18.9 Å². The Morgan fingerprint density at radius 2 is 2.18 bits per heavy atom. The molecule has 1 atom stereocenters. The highest BCUT2D eigenvalue weighted by atomic mass is 79.9. The number of terminal acetylenes is 1. The average molecular weight is 316 g/mol. The minimum Gasteiger partial charge on any atom is -0.207 e. The summed E-state index contributed by atoms with van der Waals surface area (Å²) < 4.78 is 27.4. The van der Waals surface area contributed by atoms with Crippen LogP contribution in [0.4, 0.5) is 0 Å². The Morgan fingerprint density at radius 3 is 2.65 bits per heavy atom. The van der Waals surface area contributed by atoms with Crippen LogP contribution in [-0.4, -0.2) is 14.5 Å². The van der Waals surface area contributed by atoms with E-state index in [9.17, 15) is 8.42 Å². The number of benzene rings is 1. The van der Waals surface area contributed by atoms with Crippen LogP contribution in [0.2, 0.25) is 0 Å². The number of rotatable bonds is 4. The molecular formula is C12H14BrNO2S. The predicted octanol–water partition coefficient (Wildman–Crippen LogP) is 2.45. The monoisotopic (exact) mass is 315 g/mol. The molecule has 1 aromatic carbocycles. The van der Waals surface area contributed by atoms with Crippen molar-refractivity contribution in [1.29, 1.82) is 0 Å². The van der Waals surface area contributed by atoms with Gasteiger partial charge in [0.25, 0.3) is 0 Å². The van der Waals surface area contributed by atoms with E-state index < -0.39 is 16.1 Å². The van der Waals surface area contributed by atoms with Gasteiger partial charge in [-0.25, -0.2) is 8.42 Å². The predicted molar refractivity (Wildman–Crippen MR) is 72.1 cm³/mol. The summed E-state index contributed by atoms with van der Waals surface area (Å²) >= 11 is 3.33. The van der Waals surface area contributed by atoms with Gasteiger partial charge in [0, 0.05) is 4.47 Å². The molecule has 0 fully saturated rings. The molecule has 5 heteroatoms. The third-order valence-electron chi connectivity index (χ3n) is 2.35. The fourth-order valence-electron chi connectivity index (χ4n) is 1.27. The first-order valence-electron chi connectivity index (χ1n) is 5.15. The Balaban J connectivity index is 3.06. The largest absolute Gasteiger partial charge is 0.241 e. The van der Waals surface area contributed by atoms with Crippen LogP contribution in [0.3, 0.4) is 0 Å². The second kappa shape index (κ2) is 5.67. The molecule has 0 heterocycles. The number of hydrogen-bond acceptors (Lipinski definition) is 2. The summed E-state index contributed by atoms with van der Waals surface area (Å²) in [6.45, 7) is 3.67. The van der Waals surface area contributed by atoms with Crippen molar-refractivity contribution in [1.82, 2.24) is 4.72 Å². The summed E-state index contributed by atoms with van der Waals surface area (Å²) in [6.07, 6.45) is 5.80. The van der Waals surface area contributed by atoms with Crippen LogP contribution in [0, 0.1) is 19.3 Å². The molecule has 1 rings (SSSR count). The van der Waals surface area contributed by atoms with Gasteiger partial charge in [-0.3, -0.25) is 0 Å². The van der Waals surface area contributed by atoms with Crippen molar-refractivity contribution in [3.8, 4) is 12.3 Å². The van der Waals surface area contributed by atoms with Gasteiger partial charge in [-0.05, 0) is 37.1 Å². The van der Waals surface area contributed by atoms with Crippen molar-refractivity contribution in [3.05, 3.63) is 28.2 Å². The first-order valence-corrected chi connectivity index (χ1v) is 7.43. The quantitative estimate of drug-likeness (QED) is 0.867. The summed E-state index contributed by atoms with van der Waals surface area (Å²) in [4.78, 5) is 0.229. The van der Waals surface area contributed by atoms with Gasteiger partial charge in [-0.2, -0.15) is 4.72 Å². The summed E-state index contributed by atoms with van der Waals surface area (Å²) in [5.41, 5.74) is 0.863. The van der Waals surface area contributed by atoms with E-state index in [4.69, 9.17) is 6.42 Å². The Kier molecular flexibility index (Phi) is 4.75. The molecule has 0 aromatic heterocycles. The van der Waals surface area contributed by atoms with Gasteiger partial charge in [0.2, 0.25) is 10.0 Å². The van der Waals surface area contributed by atoms with E-state index in [0.717, 1.165) is 10.0 Å². The lowest BCUT2D eigenvalue weighted by atomic mass is 10.2. The number of halogens is 1. The van der Waals surface area contributed by atoms with Crippen molar-refractivity contribution >= 4 is 26.0 Å². The van der Waals surface area contributed by atoms with Crippen molar-refractivity contribution in [2.24, 2.45) is 0 Å². The summed E-state index contributed by atoms with van der Waals surface area (Å²) in [5, 5.41) is 0. The van der Waals surface area contributed by atoms with Gasteiger partial charge in [0.1, 0.15) is 0 Å². The maximum Gasteiger partial charge on any atom is 0.241 e. The first-order chi connectivity index (χ1) is 7.90. The number of sulfonamides is 1. The molecule has 0 saturated carbocycles. The fourth-order valence-corrected chi connectivity index (χ4v) is 2.85. The lowest BCUT2D eigenvalue weighted by Gasteiger charge is -2.12. The molecule has 0 amide bonds. The third-order valence-corrected chi connectivity index (χ3v) is 4.71. The minimum atomic E-state index is -3.54. The summed E-state index contributed by atoms with van der Waals surface area (Å²) in [7, 11) is -3.54. The van der Waals surface area contributed by atoms with Crippen molar-refractivity contribution in [2.45, 2.75) is 31.2 Å². The van der Waals surface area contributed by atoms with E-state index in [1.54, 1.807) is 18.2 Å². The first kappa shape index (κ1) is 14.2. The van der Waals surface area contributed by atoms with Crippen LogP contribution in [0.15, 0.2) is 27.6 Å². The van der Waals surface area contributed by atoms with Crippen LogP contribution in [0.25, 0.3) is 0 Å². The smallest absolute Gasteiger partial charge is 0.207 e. The Hall–Kier alpha value is -0.830. The van der Waals surface area contributed by atoms with Crippen molar-refractivity contribution < 1.29 is 8.42 Å².